The van der Waals surface area contributed by atoms with Crippen molar-refractivity contribution in [1.29, 1.82) is 0 Å². The first kappa shape index (κ1) is 18.1. The van der Waals surface area contributed by atoms with Crippen LogP contribution in [0.3, 0.4) is 0 Å². The molecule has 3 rings (SSSR count). The topological polar surface area (TPSA) is 88.5 Å². The molecule has 0 aliphatic rings. The van der Waals surface area contributed by atoms with Crippen molar-refractivity contribution in [3.05, 3.63) is 95.8 Å². The highest BCUT2D eigenvalue weighted by atomic mass is 16.5. The number of aromatic nitrogens is 1. The maximum Gasteiger partial charge on any atom is 0.330 e. The van der Waals surface area contributed by atoms with Crippen LogP contribution in [0.25, 0.3) is 0 Å². The highest BCUT2D eigenvalue weighted by molar-refractivity contribution is 5.97. The van der Waals surface area contributed by atoms with Crippen LogP contribution in [0.5, 0.6) is 5.75 Å². The van der Waals surface area contributed by atoms with Crippen LogP contribution in [-0.2, 0) is 11.4 Å². The number of aliphatic carboxylic acids is 1. The van der Waals surface area contributed by atoms with Gasteiger partial charge in [-0.05, 0) is 29.8 Å². The third kappa shape index (κ3) is 4.92. The number of hydrogen-bond acceptors (Lipinski definition) is 4. The van der Waals surface area contributed by atoms with Crippen molar-refractivity contribution in [3.8, 4) is 5.75 Å². The van der Waals surface area contributed by atoms with Crippen LogP contribution in [0, 0.1) is 0 Å². The number of rotatable bonds is 7. The van der Waals surface area contributed by atoms with E-state index < -0.39 is 17.9 Å². The Bertz CT molecular complexity index is 914. The minimum absolute atomic E-state index is 0.320. The van der Waals surface area contributed by atoms with E-state index in [0.717, 1.165) is 5.56 Å². The summed E-state index contributed by atoms with van der Waals surface area (Å²) in [6.07, 6.45) is 3.38. The predicted molar refractivity (Wildman–Crippen MR) is 99.3 cm³/mol. The summed E-state index contributed by atoms with van der Waals surface area (Å²) in [5.74, 6) is -1.10. The summed E-state index contributed by atoms with van der Waals surface area (Å²) in [5, 5.41) is 12.0. The quantitative estimate of drug-likeness (QED) is 0.674. The van der Waals surface area contributed by atoms with Gasteiger partial charge in [-0.2, -0.15) is 0 Å². The van der Waals surface area contributed by atoms with Gasteiger partial charge in [-0.15, -0.1) is 0 Å². The summed E-state index contributed by atoms with van der Waals surface area (Å²) >= 11 is 0. The Labute approximate surface area is 156 Å². The number of carbonyl (C=O) groups excluding carboxylic acids is 1. The molecular formula is C21H18N2O4. The van der Waals surface area contributed by atoms with Gasteiger partial charge in [0, 0.05) is 23.5 Å². The van der Waals surface area contributed by atoms with Gasteiger partial charge in [0.05, 0.1) is 0 Å². The summed E-state index contributed by atoms with van der Waals surface area (Å²) < 4.78 is 5.68. The van der Waals surface area contributed by atoms with E-state index in [4.69, 9.17) is 4.74 Å². The van der Waals surface area contributed by atoms with Crippen molar-refractivity contribution in [2.24, 2.45) is 0 Å². The van der Waals surface area contributed by atoms with E-state index in [-0.39, 0.29) is 0 Å². The second-order valence-electron chi connectivity index (χ2n) is 5.83. The van der Waals surface area contributed by atoms with Crippen molar-refractivity contribution in [2.45, 2.75) is 12.6 Å². The molecule has 3 aromatic rings. The lowest BCUT2D eigenvalue weighted by molar-refractivity contribution is -0.139. The zero-order valence-electron chi connectivity index (χ0n) is 14.4. The first-order valence-electron chi connectivity index (χ1n) is 8.34. The number of hydrogen-bond donors (Lipinski definition) is 2. The molecule has 0 saturated heterocycles. The highest BCUT2D eigenvalue weighted by Crippen LogP contribution is 2.17. The summed E-state index contributed by atoms with van der Waals surface area (Å²) in [4.78, 5) is 28.1. The minimum Gasteiger partial charge on any atom is -0.489 e. The molecule has 0 saturated carbocycles. The zero-order valence-corrected chi connectivity index (χ0v) is 14.4. The van der Waals surface area contributed by atoms with Crippen LogP contribution in [0.2, 0.25) is 0 Å². The lowest BCUT2D eigenvalue weighted by Crippen LogP contribution is -2.33. The summed E-state index contributed by atoms with van der Waals surface area (Å²) in [5.41, 5.74) is 1.73. The van der Waals surface area contributed by atoms with Crippen LogP contribution in [0.4, 0.5) is 0 Å². The summed E-state index contributed by atoms with van der Waals surface area (Å²) in [6, 6.07) is 17.7. The maximum atomic E-state index is 12.5. The fraction of sp³-hybridized carbons (Fsp3) is 0.0952. The number of amides is 1. The smallest absolute Gasteiger partial charge is 0.330 e. The number of ether oxygens (including phenoxy) is 1. The van der Waals surface area contributed by atoms with Gasteiger partial charge in [0.1, 0.15) is 12.4 Å². The molecule has 2 aromatic carbocycles. The fourth-order valence-corrected chi connectivity index (χ4v) is 2.52. The lowest BCUT2D eigenvalue weighted by Gasteiger charge is -2.15. The van der Waals surface area contributed by atoms with Gasteiger partial charge in [0.2, 0.25) is 0 Å². The number of carboxylic acids is 1. The highest BCUT2D eigenvalue weighted by Gasteiger charge is 2.22. The van der Waals surface area contributed by atoms with Crippen LogP contribution < -0.4 is 10.1 Å². The second-order valence-corrected chi connectivity index (χ2v) is 5.83. The summed E-state index contributed by atoms with van der Waals surface area (Å²) in [6.45, 7) is 0.320. The van der Waals surface area contributed by atoms with E-state index in [1.807, 2.05) is 12.1 Å². The molecule has 6 heteroatoms. The molecule has 2 N–H and O–H groups in total. The number of nitrogens with zero attached hydrogens (tertiary/aromatic N) is 1. The normalized spacial score (nSPS) is 11.4. The monoisotopic (exact) mass is 362 g/mol. The number of pyridine rings is 1. The van der Waals surface area contributed by atoms with Crippen molar-refractivity contribution in [3.63, 3.8) is 0 Å². The Morgan fingerprint density at radius 1 is 1.04 bits per heavy atom. The lowest BCUT2D eigenvalue weighted by atomic mass is 10.1. The molecule has 27 heavy (non-hydrogen) atoms. The Balaban J connectivity index is 1.70. The first-order valence-corrected chi connectivity index (χ1v) is 8.34. The van der Waals surface area contributed by atoms with Crippen LogP contribution in [0.1, 0.15) is 27.5 Å². The maximum absolute atomic E-state index is 12.5. The molecular weight excluding hydrogens is 344 g/mol. The molecule has 1 aromatic heterocycles. The number of benzene rings is 2. The van der Waals surface area contributed by atoms with Gasteiger partial charge >= 0.3 is 5.97 Å². The van der Waals surface area contributed by atoms with Crippen molar-refractivity contribution >= 4 is 11.9 Å². The first-order chi connectivity index (χ1) is 13.1. The van der Waals surface area contributed by atoms with Crippen molar-refractivity contribution in [1.82, 2.24) is 10.3 Å². The molecule has 0 bridgehead atoms. The van der Waals surface area contributed by atoms with Crippen molar-refractivity contribution < 1.29 is 19.4 Å². The number of carboxylic acid groups (broad SMARTS) is 1. The van der Waals surface area contributed by atoms with E-state index in [0.29, 0.717) is 23.5 Å². The molecule has 0 radical (unpaired) electrons. The molecule has 1 amide bonds. The standard InChI is InChI=1S/C21H18N2O4/c24-20(23-19(21(25)26)16-7-2-1-3-8-16)17-9-4-10-18(12-17)27-14-15-6-5-11-22-13-15/h1-13,19H,14H2,(H,23,24)(H,25,26)/t19-/m0/s1. The molecule has 136 valence electrons. The van der Waals surface area contributed by atoms with Crippen LogP contribution in [0.15, 0.2) is 79.1 Å². The van der Waals surface area contributed by atoms with Gasteiger partial charge in [0.15, 0.2) is 6.04 Å². The van der Waals surface area contributed by atoms with Gasteiger partial charge in [0.25, 0.3) is 5.91 Å². The van der Waals surface area contributed by atoms with Gasteiger partial charge in [-0.1, -0.05) is 42.5 Å². The van der Waals surface area contributed by atoms with Gasteiger partial charge in [-0.3, -0.25) is 9.78 Å². The van der Waals surface area contributed by atoms with Crippen molar-refractivity contribution in [2.75, 3.05) is 0 Å². The Morgan fingerprint density at radius 3 is 2.56 bits per heavy atom. The molecule has 0 unspecified atom stereocenters. The van der Waals surface area contributed by atoms with E-state index in [2.05, 4.69) is 10.3 Å². The largest absolute Gasteiger partial charge is 0.489 e. The Hall–Kier alpha value is -3.67. The predicted octanol–water partition coefficient (Wildman–Crippen LogP) is 3.22. The Kier molecular flexibility index (Phi) is 5.79. The van der Waals surface area contributed by atoms with E-state index >= 15 is 0 Å². The molecule has 1 atom stereocenters. The van der Waals surface area contributed by atoms with E-state index in [9.17, 15) is 14.7 Å². The average molecular weight is 362 g/mol. The minimum atomic E-state index is -1.13. The molecule has 0 fully saturated rings. The Morgan fingerprint density at radius 2 is 1.85 bits per heavy atom. The number of nitrogens with one attached hydrogen (secondary N) is 1. The molecule has 0 aliphatic heterocycles. The third-order valence-electron chi connectivity index (χ3n) is 3.88. The molecule has 6 nitrogen and oxygen atoms in total. The molecule has 0 spiro atoms. The van der Waals surface area contributed by atoms with Crippen LogP contribution in [-0.4, -0.2) is 22.0 Å². The number of carbonyl (C=O) groups is 2. The SMILES string of the molecule is O=C(N[C@H](C(=O)O)c1ccccc1)c1cccc(OCc2cccnc2)c1. The van der Waals surface area contributed by atoms with E-state index in [1.54, 1.807) is 67.0 Å². The second kappa shape index (κ2) is 8.62. The van der Waals surface area contributed by atoms with Gasteiger partial charge < -0.3 is 15.2 Å². The molecule has 1 heterocycles. The van der Waals surface area contributed by atoms with E-state index in [1.165, 1.54) is 0 Å². The fourth-order valence-electron chi connectivity index (χ4n) is 2.52. The average Bonchev–Trinajstić information content (AvgIpc) is 2.71. The molecule has 0 aliphatic carbocycles. The zero-order chi connectivity index (χ0) is 19.1. The third-order valence-corrected chi connectivity index (χ3v) is 3.88. The van der Waals surface area contributed by atoms with Gasteiger partial charge in [-0.25, -0.2) is 4.79 Å². The summed E-state index contributed by atoms with van der Waals surface area (Å²) in [7, 11) is 0. The van der Waals surface area contributed by atoms with Crippen LogP contribution >= 0.6 is 0 Å².